The van der Waals surface area contributed by atoms with Crippen molar-refractivity contribution in [2.45, 2.75) is 57.6 Å². The van der Waals surface area contributed by atoms with Crippen molar-refractivity contribution in [3.8, 4) is 0 Å². The molecular formula is C17H27NO2. The summed E-state index contributed by atoms with van der Waals surface area (Å²) in [4.78, 5) is 2.33. The average molecular weight is 277 g/mol. The molecule has 0 unspecified atom stereocenters. The second-order valence-corrected chi connectivity index (χ2v) is 5.72. The third-order valence-corrected chi connectivity index (χ3v) is 4.35. The zero-order chi connectivity index (χ0) is 14.4. The maximum absolute atomic E-state index is 9.86. The maximum Gasteiger partial charge on any atom is 0.0787 e. The summed E-state index contributed by atoms with van der Waals surface area (Å²) in [6.45, 7) is 2.87. The minimum absolute atomic E-state index is 0.190. The molecule has 1 fully saturated rings. The van der Waals surface area contributed by atoms with E-state index in [9.17, 15) is 10.2 Å². The van der Waals surface area contributed by atoms with Gasteiger partial charge in [-0.15, -0.1) is 0 Å². The van der Waals surface area contributed by atoms with Crippen LogP contribution in [0.25, 0.3) is 0 Å². The molecule has 20 heavy (non-hydrogen) atoms. The van der Waals surface area contributed by atoms with Gasteiger partial charge in [-0.05, 0) is 37.0 Å². The van der Waals surface area contributed by atoms with Crippen LogP contribution in [0.3, 0.4) is 0 Å². The first-order chi connectivity index (χ1) is 9.76. The summed E-state index contributed by atoms with van der Waals surface area (Å²) in [5, 5.41) is 19.2. The van der Waals surface area contributed by atoms with Crippen LogP contribution < -0.4 is 4.90 Å². The zero-order valence-electron chi connectivity index (χ0n) is 12.5. The summed E-state index contributed by atoms with van der Waals surface area (Å²) < 4.78 is 0. The highest BCUT2D eigenvalue weighted by atomic mass is 16.3. The Bertz CT molecular complexity index is 384. The topological polar surface area (TPSA) is 43.7 Å². The normalized spacial score (nSPS) is 17.9. The number of benzene rings is 1. The highest BCUT2D eigenvalue weighted by molar-refractivity contribution is 5.49. The molecule has 1 aromatic carbocycles. The lowest BCUT2D eigenvalue weighted by Gasteiger charge is -2.36. The van der Waals surface area contributed by atoms with Crippen LogP contribution in [-0.2, 0) is 0 Å². The Morgan fingerprint density at radius 1 is 1.15 bits per heavy atom. The van der Waals surface area contributed by atoms with E-state index in [0.29, 0.717) is 12.6 Å². The van der Waals surface area contributed by atoms with Crippen LogP contribution in [0.15, 0.2) is 24.3 Å². The lowest BCUT2D eigenvalue weighted by molar-refractivity contribution is 0.173. The van der Waals surface area contributed by atoms with Crippen molar-refractivity contribution in [2.24, 2.45) is 0 Å². The van der Waals surface area contributed by atoms with Crippen LogP contribution >= 0.6 is 0 Å². The molecule has 0 aromatic heterocycles. The predicted molar refractivity (Wildman–Crippen MR) is 83.0 cm³/mol. The maximum atomic E-state index is 9.86. The van der Waals surface area contributed by atoms with Crippen LogP contribution in [0.2, 0.25) is 0 Å². The van der Waals surface area contributed by atoms with Crippen molar-refractivity contribution >= 4 is 5.69 Å². The molecule has 0 radical (unpaired) electrons. The van der Waals surface area contributed by atoms with E-state index in [-0.39, 0.29) is 12.7 Å². The van der Waals surface area contributed by atoms with Crippen molar-refractivity contribution < 1.29 is 10.2 Å². The summed E-state index contributed by atoms with van der Waals surface area (Å²) in [5.74, 6) is 0. The molecule has 2 rings (SSSR count). The molecule has 0 amide bonds. The number of hydrogen-bond donors (Lipinski definition) is 2. The molecule has 1 aliphatic carbocycles. The Labute approximate surface area is 122 Å². The van der Waals surface area contributed by atoms with Gasteiger partial charge in [0.05, 0.1) is 12.7 Å². The molecular weight excluding hydrogens is 250 g/mol. The van der Waals surface area contributed by atoms with E-state index in [1.165, 1.54) is 32.1 Å². The molecule has 2 N–H and O–H groups in total. The minimum atomic E-state index is -0.370. The molecule has 3 nitrogen and oxygen atoms in total. The van der Waals surface area contributed by atoms with Crippen LogP contribution in [0.5, 0.6) is 0 Å². The number of aliphatic hydroxyl groups is 2. The molecule has 112 valence electrons. The van der Waals surface area contributed by atoms with Gasteiger partial charge in [0.2, 0.25) is 0 Å². The fraction of sp³-hybridized carbons (Fsp3) is 0.647. The minimum Gasteiger partial charge on any atom is -0.395 e. The van der Waals surface area contributed by atoms with Gasteiger partial charge >= 0.3 is 0 Å². The van der Waals surface area contributed by atoms with E-state index in [1.807, 2.05) is 19.1 Å². The molecule has 0 spiro atoms. The van der Waals surface area contributed by atoms with Gasteiger partial charge in [-0.1, -0.05) is 38.3 Å². The summed E-state index contributed by atoms with van der Waals surface area (Å²) in [6.07, 6.45) is 6.73. The van der Waals surface area contributed by atoms with E-state index >= 15 is 0 Å². The molecule has 1 aromatic rings. The number of rotatable bonds is 6. The van der Waals surface area contributed by atoms with Gasteiger partial charge in [0.15, 0.2) is 0 Å². The van der Waals surface area contributed by atoms with Gasteiger partial charge in [0, 0.05) is 18.3 Å². The Balaban J connectivity index is 2.11. The Morgan fingerprint density at radius 2 is 1.80 bits per heavy atom. The highest BCUT2D eigenvalue weighted by Crippen LogP contribution is 2.28. The van der Waals surface area contributed by atoms with Gasteiger partial charge in [-0.2, -0.15) is 0 Å². The lowest BCUT2D eigenvalue weighted by Crippen LogP contribution is -2.38. The van der Waals surface area contributed by atoms with Crippen LogP contribution in [0, 0.1) is 0 Å². The number of nitrogens with zero attached hydrogens (tertiary/aromatic N) is 1. The Hall–Kier alpha value is -1.06. The summed E-state index contributed by atoms with van der Waals surface area (Å²) in [7, 11) is 0. The van der Waals surface area contributed by atoms with Gasteiger partial charge in [-0.3, -0.25) is 0 Å². The molecule has 1 saturated carbocycles. The number of hydrogen-bond acceptors (Lipinski definition) is 3. The third-order valence-electron chi connectivity index (χ3n) is 4.35. The van der Waals surface area contributed by atoms with Crippen LogP contribution in [0.1, 0.15) is 57.1 Å². The molecule has 0 heterocycles. The fourth-order valence-corrected chi connectivity index (χ4v) is 3.15. The summed E-state index contributed by atoms with van der Waals surface area (Å²) >= 11 is 0. The molecule has 1 atom stereocenters. The average Bonchev–Trinajstić information content (AvgIpc) is 2.53. The van der Waals surface area contributed by atoms with Crippen molar-refractivity contribution in [3.63, 3.8) is 0 Å². The molecule has 0 saturated heterocycles. The van der Waals surface area contributed by atoms with Gasteiger partial charge in [-0.25, -0.2) is 0 Å². The van der Waals surface area contributed by atoms with Crippen LogP contribution in [0.4, 0.5) is 5.69 Å². The smallest absolute Gasteiger partial charge is 0.0787 e. The monoisotopic (exact) mass is 277 g/mol. The van der Waals surface area contributed by atoms with E-state index in [1.54, 1.807) is 0 Å². The van der Waals surface area contributed by atoms with Gasteiger partial charge in [0.25, 0.3) is 0 Å². The molecule has 0 aliphatic heterocycles. The van der Waals surface area contributed by atoms with Gasteiger partial charge in [0.1, 0.15) is 0 Å². The van der Waals surface area contributed by atoms with Crippen molar-refractivity contribution in [3.05, 3.63) is 29.8 Å². The SMILES string of the molecule is CC[C@@H](O)c1ccc(N(CCO)C2CCCCC2)cc1. The molecule has 3 heteroatoms. The Morgan fingerprint density at radius 3 is 2.35 bits per heavy atom. The third kappa shape index (κ3) is 3.74. The quantitative estimate of drug-likeness (QED) is 0.839. The van der Waals surface area contributed by atoms with Crippen molar-refractivity contribution in [2.75, 3.05) is 18.1 Å². The summed E-state index contributed by atoms with van der Waals surface area (Å²) in [5.41, 5.74) is 2.14. The van der Waals surface area contributed by atoms with Crippen molar-refractivity contribution in [1.29, 1.82) is 0 Å². The van der Waals surface area contributed by atoms with E-state index < -0.39 is 0 Å². The largest absolute Gasteiger partial charge is 0.395 e. The highest BCUT2D eigenvalue weighted by Gasteiger charge is 2.21. The van der Waals surface area contributed by atoms with Crippen molar-refractivity contribution in [1.82, 2.24) is 0 Å². The standard InChI is InChI=1S/C17H27NO2/c1-2-17(20)14-8-10-16(11-9-14)18(12-13-19)15-6-4-3-5-7-15/h8-11,15,17,19-20H,2-7,12-13H2,1H3/t17-/m1/s1. The van der Waals surface area contributed by atoms with Crippen LogP contribution in [-0.4, -0.2) is 29.4 Å². The van der Waals surface area contributed by atoms with E-state index in [4.69, 9.17) is 0 Å². The predicted octanol–water partition coefficient (Wildman–Crippen LogP) is 3.26. The summed E-state index contributed by atoms with van der Waals surface area (Å²) in [6, 6.07) is 8.74. The first-order valence-electron chi connectivity index (χ1n) is 7.91. The fourth-order valence-electron chi connectivity index (χ4n) is 3.15. The Kier molecular flexibility index (Phi) is 5.86. The van der Waals surface area contributed by atoms with E-state index in [0.717, 1.165) is 17.7 Å². The zero-order valence-corrected chi connectivity index (χ0v) is 12.5. The second kappa shape index (κ2) is 7.65. The lowest BCUT2D eigenvalue weighted by atomic mass is 9.93. The first-order valence-corrected chi connectivity index (χ1v) is 7.91. The first kappa shape index (κ1) is 15.3. The van der Waals surface area contributed by atoms with Gasteiger partial charge < -0.3 is 15.1 Å². The molecule has 1 aliphatic rings. The molecule has 0 bridgehead atoms. The van der Waals surface area contributed by atoms with E-state index in [2.05, 4.69) is 17.0 Å². The number of anilines is 1. The second-order valence-electron chi connectivity index (χ2n) is 5.72. The number of aliphatic hydroxyl groups excluding tert-OH is 2.